The molecule has 0 atom stereocenters. The smallest absolute Gasteiger partial charge is 0.321 e. The molecule has 1 aromatic rings. The molecule has 1 aromatic carbocycles. The van der Waals surface area contributed by atoms with Gasteiger partial charge >= 0.3 is 6.03 Å². The summed E-state index contributed by atoms with van der Waals surface area (Å²) in [7, 11) is 1.64. The zero-order chi connectivity index (χ0) is 12.0. The Kier molecular flexibility index (Phi) is 4.16. The van der Waals surface area contributed by atoms with Gasteiger partial charge in [-0.2, -0.15) is 5.26 Å². The van der Waals surface area contributed by atoms with Gasteiger partial charge in [0.25, 0.3) is 0 Å². The predicted octanol–water partition coefficient (Wildman–Crippen LogP) is 1.65. The lowest BCUT2D eigenvalue weighted by molar-refractivity contribution is 0.223. The Balaban J connectivity index is 2.54. The van der Waals surface area contributed by atoms with Crippen molar-refractivity contribution in [2.24, 2.45) is 0 Å². The van der Waals surface area contributed by atoms with E-state index in [9.17, 15) is 4.79 Å². The van der Waals surface area contributed by atoms with Crippen LogP contribution in [0.3, 0.4) is 0 Å². The summed E-state index contributed by atoms with van der Waals surface area (Å²) < 4.78 is 0. The molecule has 2 amide bonds. The number of urea groups is 1. The highest BCUT2D eigenvalue weighted by molar-refractivity contribution is 5.89. The van der Waals surface area contributed by atoms with Crippen LogP contribution in [0.15, 0.2) is 24.3 Å². The first-order valence-electron chi connectivity index (χ1n) is 4.88. The second-order valence-corrected chi connectivity index (χ2v) is 3.39. The van der Waals surface area contributed by atoms with Gasteiger partial charge in [0.05, 0.1) is 12.5 Å². The lowest BCUT2D eigenvalue weighted by Gasteiger charge is -2.16. The summed E-state index contributed by atoms with van der Waals surface area (Å²) in [4.78, 5) is 13.0. The van der Waals surface area contributed by atoms with Gasteiger partial charge in [-0.3, -0.25) is 0 Å². The van der Waals surface area contributed by atoms with E-state index in [4.69, 9.17) is 11.0 Å². The van der Waals surface area contributed by atoms with Gasteiger partial charge < -0.3 is 16.0 Å². The van der Waals surface area contributed by atoms with Gasteiger partial charge in [-0.15, -0.1) is 0 Å². The van der Waals surface area contributed by atoms with Crippen LogP contribution in [0.25, 0.3) is 0 Å². The number of anilines is 2. The van der Waals surface area contributed by atoms with Crippen LogP contribution in [-0.2, 0) is 0 Å². The van der Waals surface area contributed by atoms with Gasteiger partial charge in [0.15, 0.2) is 0 Å². The number of nitriles is 1. The molecule has 0 spiro atoms. The van der Waals surface area contributed by atoms with Crippen molar-refractivity contribution in [1.82, 2.24) is 4.90 Å². The van der Waals surface area contributed by atoms with Crippen molar-refractivity contribution in [3.8, 4) is 6.07 Å². The maximum Gasteiger partial charge on any atom is 0.321 e. The van der Waals surface area contributed by atoms with E-state index in [0.717, 1.165) is 0 Å². The largest absolute Gasteiger partial charge is 0.399 e. The quantitative estimate of drug-likeness (QED) is 0.757. The van der Waals surface area contributed by atoms with E-state index >= 15 is 0 Å². The number of nitrogen functional groups attached to an aromatic ring is 1. The highest BCUT2D eigenvalue weighted by Crippen LogP contribution is 2.12. The van der Waals surface area contributed by atoms with Crippen LogP contribution in [0.2, 0.25) is 0 Å². The van der Waals surface area contributed by atoms with Gasteiger partial charge in [-0.05, 0) is 18.2 Å². The molecule has 0 aliphatic carbocycles. The molecule has 5 heteroatoms. The highest BCUT2D eigenvalue weighted by Gasteiger charge is 2.07. The molecule has 0 saturated carbocycles. The predicted molar refractivity (Wildman–Crippen MR) is 62.7 cm³/mol. The molecule has 84 valence electrons. The average molecular weight is 218 g/mol. The fraction of sp³-hybridized carbons (Fsp3) is 0.273. The third-order valence-electron chi connectivity index (χ3n) is 2.04. The van der Waals surface area contributed by atoms with E-state index < -0.39 is 0 Å². The molecular formula is C11H14N4O. The number of nitrogens with zero attached hydrogens (tertiary/aromatic N) is 2. The normalized spacial score (nSPS) is 9.25. The second-order valence-electron chi connectivity index (χ2n) is 3.39. The van der Waals surface area contributed by atoms with Gasteiger partial charge in [0.1, 0.15) is 0 Å². The van der Waals surface area contributed by atoms with Crippen molar-refractivity contribution in [2.75, 3.05) is 24.6 Å². The minimum absolute atomic E-state index is 0.249. The standard InChI is InChI=1S/C11H14N4O/c1-15(7-3-6-12)11(16)14-10-5-2-4-9(13)8-10/h2,4-5,8H,3,7,13H2,1H3,(H,14,16). The molecule has 1 rings (SSSR count). The zero-order valence-electron chi connectivity index (χ0n) is 9.10. The van der Waals surface area contributed by atoms with Crippen LogP contribution >= 0.6 is 0 Å². The van der Waals surface area contributed by atoms with Crippen molar-refractivity contribution in [3.63, 3.8) is 0 Å². The summed E-state index contributed by atoms with van der Waals surface area (Å²) in [6.45, 7) is 0.407. The number of benzene rings is 1. The molecule has 5 nitrogen and oxygen atoms in total. The van der Waals surface area contributed by atoms with E-state index in [-0.39, 0.29) is 6.03 Å². The first kappa shape index (κ1) is 11.9. The van der Waals surface area contributed by atoms with Crippen molar-refractivity contribution < 1.29 is 4.79 Å². The molecule has 0 aliphatic rings. The number of amides is 2. The maximum atomic E-state index is 11.6. The Morgan fingerprint density at radius 2 is 2.38 bits per heavy atom. The molecule has 0 aromatic heterocycles. The summed E-state index contributed by atoms with van der Waals surface area (Å²) in [6.07, 6.45) is 0.320. The number of hydrogen-bond acceptors (Lipinski definition) is 3. The summed E-state index contributed by atoms with van der Waals surface area (Å²) in [5.74, 6) is 0. The minimum atomic E-state index is -0.249. The summed E-state index contributed by atoms with van der Waals surface area (Å²) in [5, 5.41) is 11.1. The lowest BCUT2D eigenvalue weighted by atomic mass is 10.3. The first-order chi connectivity index (χ1) is 7.63. The van der Waals surface area contributed by atoms with Crippen LogP contribution in [0, 0.1) is 11.3 Å². The number of rotatable bonds is 3. The van der Waals surface area contributed by atoms with Crippen LogP contribution < -0.4 is 11.1 Å². The van der Waals surface area contributed by atoms with Crippen LogP contribution in [0.5, 0.6) is 0 Å². The number of hydrogen-bond donors (Lipinski definition) is 2. The Hall–Kier alpha value is -2.22. The molecule has 0 unspecified atom stereocenters. The Morgan fingerprint density at radius 1 is 1.62 bits per heavy atom. The molecule has 16 heavy (non-hydrogen) atoms. The molecule has 0 fully saturated rings. The van der Waals surface area contributed by atoms with E-state index in [1.54, 1.807) is 31.3 Å². The molecular weight excluding hydrogens is 204 g/mol. The van der Waals surface area contributed by atoms with Gasteiger partial charge in [-0.1, -0.05) is 6.07 Å². The highest BCUT2D eigenvalue weighted by atomic mass is 16.2. The van der Waals surface area contributed by atoms with Gasteiger partial charge in [0, 0.05) is 25.0 Å². The van der Waals surface area contributed by atoms with Gasteiger partial charge in [0.2, 0.25) is 0 Å². The summed E-state index contributed by atoms with van der Waals surface area (Å²) in [6, 6.07) is 8.68. The molecule has 3 N–H and O–H groups in total. The van der Waals surface area contributed by atoms with Crippen molar-refractivity contribution >= 4 is 17.4 Å². The topological polar surface area (TPSA) is 82.2 Å². The monoisotopic (exact) mass is 218 g/mol. The van der Waals surface area contributed by atoms with Crippen molar-refractivity contribution in [3.05, 3.63) is 24.3 Å². The minimum Gasteiger partial charge on any atom is -0.399 e. The Bertz CT molecular complexity index is 411. The first-order valence-corrected chi connectivity index (χ1v) is 4.88. The van der Waals surface area contributed by atoms with Crippen LogP contribution in [-0.4, -0.2) is 24.5 Å². The zero-order valence-corrected chi connectivity index (χ0v) is 9.10. The maximum absolute atomic E-state index is 11.6. The number of nitrogens with one attached hydrogen (secondary N) is 1. The van der Waals surface area contributed by atoms with Gasteiger partial charge in [-0.25, -0.2) is 4.79 Å². The SMILES string of the molecule is CN(CCC#N)C(=O)Nc1cccc(N)c1. The average Bonchev–Trinajstić information content (AvgIpc) is 2.25. The van der Waals surface area contributed by atoms with E-state index in [0.29, 0.717) is 24.3 Å². The number of nitrogens with two attached hydrogens (primary N) is 1. The lowest BCUT2D eigenvalue weighted by Crippen LogP contribution is -2.31. The van der Waals surface area contributed by atoms with E-state index in [2.05, 4.69) is 5.32 Å². The van der Waals surface area contributed by atoms with Crippen molar-refractivity contribution in [2.45, 2.75) is 6.42 Å². The Morgan fingerprint density at radius 3 is 3.00 bits per heavy atom. The van der Waals surface area contributed by atoms with Crippen LogP contribution in [0.1, 0.15) is 6.42 Å². The Labute approximate surface area is 94.5 Å². The molecule has 0 saturated heterocycles. The molecule has 0 bridgehead atoms. The van der Waals surface area contributed by atoms with Crippen LogP contribution in [0.4, 0.5) is 16.2 Å². The van der Waals surface area contributed by atoms with Crippen molar-refractivity contribution in [1.29, 1.82) is 5.26 Å². The number of carbonyl (C=O) groups is 1. The fourth-order valence-electron chi connectivity index (χ4n) is 1.15. The summed E-state index contributed by atoms with van der Waals surface area (Å²) >= 11 is 0. The number of carbonyl (C=O) groups excluding carboxylic acids is 1. The van der Waals surface area contributed by atoms with E-state index in [1.807, 2.05) is 6.07 Å². The second kappa shape index (κ2) is 5.61. The summed E-state index contributed by atoms with van der Waals surface area (Å²) in [5.41, 5.74) is 6.82. The van der Waals surface area contributed by atoms with E-state index in [1.165, 1.54) is 4.90 Å². The molecule has 0 radical (unpaired) electrons. The molecule has 0 heterocycles. The fourth-order valence-corrected chi connectivity index (χ4v) is 1.15. The molecule has 0 aliphatic heterocycles. The third-order valence-corrected chi connectivity index (χ3v) is 2.04. The third kappa shape index (κ3) is 3.50.